The largest absolute Gasteiger partial charge is 0.394 e. The lowest BCUT2D eigenvalue weighted by molar-refractivity contribution is -0.115. The zero-order valence-electron chi connectivity index (χ0n) is 20.9. The van der Waals surface area contributed by atoms with Crippen LogP contribution in [0.2, 0.25) is 0 Å². The number of amides is 2. The van der Waals surface area contributed by atoms with Gasteiger partial charge in [0.25, 0.3) is 5.91 Å². The summed E-state index contributed by atoms with van der Waals surface area (Å²) in [6.07, 6.45) is 1.96. The number of hydrogen-bond acceptors (Lipinski definition) is 8. The van der Waals surface area contributed by atoms with Crippen molar-refractivity contribution < 1.29 is 19.4 Å². The Labute approximate surface area is 214 Å². The Morgan fingerprint density at radius 1 is 1.22 bits per heavy atom. The molecule has 2 atom stereocenters. The molecule has 0 aliphatic carbocycles. The van der Waals surface area contributed by atoms with Gasteiger partial charge in [-0.15, -0.1) is 11.3 Å². The molecule has 36 heavy (non-hydrogen) atoms. The number of nitrogens with one attached hydrogen (secondary N) is 2. The Hall–Kier alpha value is -3.28. The van der Waals surface area contributed by atoms with Crippen LogP contribution in [0, 0.1) is 0 Å². The summed E-state index contributed by atoms with van der Waals surface area (Å²) in [7, 11) is 0. The van der Waals surface area contributed by atoms with Crippen molar-refractivity contribution in [3.05, 3.63) is 47.6 Å². The molecular weight excluding hydrogens is 480 g/mol. The Bertz CT molecular complexity index is 1210. The van der Waals surface area contributed by atoms with Crippen molar-refractivity contribution in [2.45, 2.75) is 45.4 Å². The maximum absolute atomic E-state index is 12.4. The van der Waals surface area contributed by atoms with Crippen LogP contribution in [0.1, 0.15) is 38.2 Å². The normalized spacial score (nSPS) is 18.2. The molecule has 192 valence electrons. The first-order valence-corrected chi connectivity index (χ1v) is 12.7. The summed E-state index contributed by atoms with van der Waals surface area (Å²) in [4.78, 5) is 31.6. The van der Waals surface area contributed by atoms with E-state index in [1.54, 1.807) is 26.1 Å². The van der Waals surface area contributed by atoms with E-state index in [9.17, 15) is 14.7 Å². The standard InChI is InChI=1S/C25H32N6O4S/c1-16-12-30(13-17(2)35-16)19-7-5-6-18(10-19)21-14-36-24(27-21)28-22(33)11-26-23(34)20-8-9-31(29-20)25(3,4)15-32/h5-10,14,16-17,32H,11-13,15H2,1-4H3,(H,26,34)(H,27,28,33)/t16-,17+. The molecule has 0 saturated carbocycles. The number of hydrogen-bond donors (Lipinski definition) is 3. The summed E-state index contributed by atoms with van der Waals surface area (Å²) >= 11 is 1.33. The number of morpholine rings is 1. The summed E-state index contributed by atoms with van der Waals surface area (Å²) in [5.41, 5.74) is 2.39. The van der Waals surface area contributed by atoms with Gasteiger partial charge in [0.2, 0.25) is 5.91 Å². The molecule has 3 aromatic rings. The van der Waals surface area contributed by atoms with Gasteiger partial charge >= 0.3 is 0 Å². The lowest BCUT2D eigenvalue weighted by Gasteiger charge is -2.37. The van der Waals surface area contributed by atoms with Gasteiger partial charge in [-0.1, -0.05) is 12.1 Å². The average molecular weight is 513 g/mol. The SMILES string of the molecule is C[C@@H]1CN(c2cccc(-c3csc(NC(=O)CNC(=O)c4ccn(C(C)(C)CO)n4)n3)c2)C[C@H](C)O1. The smallest absolute Gasteiger partial charge is 0.272 e. The Morgan fingerprint density at radius 3 is 2.69 bits per heavy atom. The molecule has 3 N–H and O–H groups in total. The first-order chi connectivity index (χ1) is 17.1. The minimum Gasteiger partial charge on any atom is -0.394 e. The third-order valence-electron chi connectivity index (χ3n) is 5.92. The second-order valence-electron chi connectivity index (χ2n) is 9.60. The minimum absolute atomic E-state index is 0.121. The number of benzene rings is 1. The van der Waals surface area contributed by atoms with E-state index in [0.29, 0.717) is 5.13 Å². The van der Waals surface area contributed by atoms with E-state index >= 15 is 0 Å². The molecule has 0 spiro atoms. The number of rotatable bonds is 8. The van der Waals surface area contributed by atoms with Crippen LogP contribution in [-0.2, 0) is 15.1 Å². The number of carbonyl (C=O) groups excluding carboxylic acids is 2. The highest BCUT2D eigenvalue weighted by molar-refractivity contribution is 7.14. The highest BCUT2D eigenvalue weighted by atomic mass is 32.1. The fraction of sp³-hybridized carbons (Fsp3) is 0.440. The van der Waals surface area contributed by atoms with Crippen molar-refractivity contribution in [3.63, 3.8) is 0 Å². The predicted octanol–water partition coefficient (Wildman–Crippen LogP) is 2.72. The average Bonchev–Trinajstić information content (AvgIpc) is 3.53. The van der Waals surface area contributed by atoms with Crippen molar-refractivity contribution in [2.24, 2.45) is 0 Å². The van der Waals surface area contributed by atoms with Crippen LogP contribution in [0.3, 0.4) is 0 Å². The van der Waals surface area contributed by atoms with Gasteiger partial charge in [0, 0.05) is 35.9 Å². The van der Waals surface area contributed by atoms with Gasteiger partial charge in [-0.25, -0.2) is 4.98 Å². The van der Waals surface area contributed by atoms with Crippen molar-refractivity contribution in [1.82, 2.24) is 20.1 Å². The molecule has 1 aromatic carbocycles. The van der Waals surface area contributed by atoms with Crippen molar-refractivity contribution in [1.29, 1.82) is 0 Å². The van der Waals surface area contributed by atoms with Gasteiger partial charge in [0.1, 0.15) is 5.69 Å². The van der Waals surface area contributed by atoms with Crippen LogP contribution in [0.15, 0.2) is 41.9 Å². The number of carbonyl (C=O) groups is 2. The monoisotopic (exact) mass is 512 g/mol. The molecule has 0 radical (unpaired) electrons. The summed E-state index contributed by atoms with van der Waals surface area (Å²) in [6, 6.07) is 9.73. The maximum atomic E-state index is 12.4. The zero-order chi connectivity index (χ0) is 25.9. The lowest BCUT2D eigenvalue weighted by Crippen LogP contribution is -2.45. The number of thiazole rings is 1. The van der Waals surface area contributed by atoms with Crippen LogP contribution in [0.4, 0.5) is 10.8 Å². The Balaban J connectivity index is 1.33. The van der Waals surface area contributed by atoms with Gasteiger partial charge in [0.15, 0.2) is 5.13 Å². The number of aliphatic hydroxyl groups is 1. The second-order valence-corrected chi connectivity index (χ2v) is 10.5. The summed E-state index contributed by atoms with van der Waals surface area (Å²) in [6.45, 7) is 9.09. The number of aliphatic hydroxyl groups excluding tert-OH is 1. The van der Waals surface area contributed by atoms with Crippen LogP contribution < -0.4 is 15.5 Å². The third-order valence-corrected chi connectivity index (χ3v) is 6.67. The van der Waals surface area contributed by atoms with Gasteiger partial charge < -0.3 is 25.4 Å². The quantitative estimate of drug-likeness (QED) is 0.424. The summed E-state index contributed by atoms with van der Waals surface area (Å²) < 4.78 is 7.36. The molecule has 4 rings (SSSR count). The Kier molecular flexibility index (Phi) is 7.72. The highest BCUT2D eigenvalue weighted by Crippen LogP contribution is 2.29. The molecule has 1 aliphatic heterocycles. The molecule has 2 amide bonds. The molecule has 2 aromatic heterocycles. The zero-order valence-corrected chi connectivity index (χ0v) is 21.7. The molecule has 10 nitrogen and oxygen atoms in total. The number of aromatic nitrogens is 3. The first kappa shape index (κ1) is 25.8. The van der Waals surface area contributed by atoms with Crippen molar-refractivity contribution in [2.75, 3.05) is 36.5 Å². The van der Waals surface area contributed by atoms with Crippen LogP contribution >= 0.6 is 11.3 Å². The fourth-order valence-electron chi connectivity index (χ4n) is 3.98. The van der Waals surface area contributed by atoms with Crippen molar-refractivity contribution in [3.8, 4) is 11.3 Å². The number of nitrogens with zero attached hydrogens (tertiary/aromatic N) is 4. The highest BCUT2D eigenvalue weighted by Gasteiger charge is 2.23. The van der Waals surface area contributed by atoms with Gasteiger partial charge in [-0.3, -0.25) is 14.3 Å². The van der Waals surface area contributed by atoms with Gasteiger partial charge in [-0.05, 0) is 45.9 Å². The van der Waals surface area contributed by atoms with E-state index in [-0.39, 0.29) is 37.0 Å². The maximum Gasteiger partial charge on any atom is 0.272 e. The molecule has 1 aliphatic rings. The van der Waals surface area contributed by atoms with E-state index in [4.69, 9.17) is 4.74 Å². The molecule has 11 heteroatoms. The molecule has 0 bridgehead atoms. The molecule has 1 saturated heterocycles. The van der Waals surface area contributed by atoms with E-state index in [1.807, 2.05) is 17.5 Å². The van der Waals surface area contributed by atoms with Gasteiger partial charge in [-0.2, -0.15) is 5.10 Å². The van der Waals surface area contributed by atoms with Crippen LogP contribution in [0.25, 0.3) is 11.3 Å². The van der Waals surface area contributed by atoms with Gasteiger partial charge in [0.05, 0.1) is 36.6 Å². The predicted molar refractivity (Wildman–Crippen MR) is 139 cm³/mol. The van der Waals surface area contributed by atoms with Crippen LogP contribution in [0.5, 0.6) is 0 Å². The van der Waals surface area contributed by atoms with Crippen LogP contribution in [-0.4, -0.2) is 70.1 Å². The first-order valence-electron chi connectivity index (χ1n) is 11.9. The fourth-order valence-corrected chi connectivity index (χ4v) is 4.72. The lowest BCUT2D eigenvalue weighted by atomic mass is 10.1. The molecule has 3 heterocycles. The van der Waals surface area contributed by atoms with Crippen molar-refractivity contribution >= 4 is 34.0 Å². The third kappa shape index (κ3) is 6.10. The molecule has 1 fully saturated rings. The number of ether oxygens (including phenoxy) is 1. The molecule has 0 unspecified atom stereocenters. The topological polar surface area (TPSA) is 122 Å². The van der Waals surface area contributed by atoms with E-state index in [2.05, 4.69) is 51.6 Å². The summed E-state index contributed by atoms with van der Waals surface area (Å²) in [5, 5.41) is 21.3. The van der Waals surface area contributed by atoms with E-state index in [0.717, 1.165) is 30.0 Å². The minimum atomic E-state index is -0.628. The van der Waals surface area contributed by atoms with E-state index in [1.165, 1.54) is 16.0 Å². The Morgan fingerprint density at radius 2 is 1.97 bits per heavy atom. The summed E-state index contributed by atoms with van der Waals surface area (Å²) in [5.74, 6) is -0.856. The molecular formula is C25H32N6O4S. The number of anilines is 2. The van der Waals surface area contributed by atoms with E-state index < -0.39 is 11.4 Å². The second kappa shape index (κ2) is 10.8.